The molecular formula is C13H17Cl2NO. The van der Waals surface area contributed by atoms with Crippen LogP contribution in [-0.2, 0) is 4.79 Å². The Labute approximate surface area is 112 Å². The summed E-state index contributed by atoms with van der Waals surface area (Å²) >= 11 is 11.8. The van der Waals surface area contributed by atoms with E-state index in [9.17, 15) is 4.79 Å². The van der Waals surface area contributed by atoms with Crippen LogP contribution in [0.25, 0.3) is 0 Å². The Morgan fingerprint density at radius 3 is 2.41 bits per heavy atom. The molecule has 4 heteroatoms. The van der Waals surface area contributed by atoms with Crippen molar-refractivity contribution in [3.05, 3.63) is 33.8 Å². The van der Waals surface area contributed by atoms with Crippen molar-refractivity contribution in [1.82, 2.24) is 5.32 Å². The van der Waals surface area contributed by atoms with E-state index in [1.807, 2.05) is 19.9 Å². The van der Waals surface area contributed by atoms with Crippen molar-refractivity contribution < 1.29 is 4.79 Å². The summed E-state index contributed by atoms with van der Waals surface area (Å²) in [5.74, 6) is -0.0521. The third kappa shape index (κ3) is 4.30. The number of benzene rings is 1. The van der Waals surface area contributed by atoms with E-state index in [0.717, 1.165) is 5.56 Å². The minimum Gasteiger partial charge on any atom is -0.313 e. The van der Waals surface area contributed by atoms with Crippen molar-refractivity contribution in [3.8, 4) is 0 Å². The number of hydrogen-bond acceptors (Lipinski definition) is 2. The fourth-order valence-electron chi connectivity index (χ4n) is 1.58. The Balaban J connectivity index is 2.89. The number of Topliss-reactive ketones (excluding diaryl/α,β-unsaturated/α-hetero) is 1. The fraction of sp³-hybridized carbons (Fsp3) is 0.462. The van der Waals surface area contributed by atoms with Crippen molar-refractivity contribution in [2.45, 2.75) is 32.7 Å². The van der Waals surface area contributed by atoms with E-state index in [1.54, 1.807) is 19.1 Å². The predicted molar refractivity (Wildman–Crippen MR) is 73.0 cm³/mol. The summed E-state index contributed by atoms with van der Waals surface area (Å²) in [5, 5.41) is 4.26. The van der Waals surface area contributed by atoms with Crippen LogP contribution in [0, 0.1) is 0 Å². The van der Waals surface area contributed by atoms with Crippen molar-refractivity contribution in [1.29, 1.82) is 0 Å². The molecule has 0 aliphatic rings. The van der Waals surface area contributed by atoms with Crippen LogP contribution < -0.4 is 5.32 Å². The van der Waals surface area contributed by atoms with E-state index >= 15 is 0 Å². The molecule has 1 unspecified atom stereocenters. The number of carbonyl (C=O) groups is 1. The first-order chi connectivity index (χ1) is 7.91. The van der Waals surface area contributed by atoms with Crippen LogP contribution in [0.15, 0.2) is 18.2 Å². The Bertz CT molecular complexity index is 404. The van der Waals surface area contributed by atoms with Gasteiger partial charge < -0.3 is 5.32 Å². The number of ketones is 1. The summed E-state index contributed by atoms with van der Waals surface area (Å²) in [6.07, 6.45) is 0. The van der Waals surface area contributed by atoms with Gasteiger partial charge in [-0.2, -0.15) is 0 Å². The van der Waals surface area contributed by atoms with Gasteiger partial charge in [0.15, 0.2) is 0 Å². The summed E-state index contributed by atoms with van der Waals surface area (Å²) in [6.45, 7) is 6.30. The van der Waals surface area contributed by atoms with Crippen LogP contribution in [0.1, 0.15) is 32.3 Å². The summed E-state index contributed by atoms with van der Waals surface area (Å²) in [4.78, 5) is 11.6. The highest BCUT2D eigenvalue weighted by molar-refractivity contribution is 6.42. The number of nitrogens with one attached hydrogen (secondary N) is 1. The van der Waals surface area contributed by atoms with Gasteiger partial charge in [0, 0.05) is 12.6 Å². The predicted octanol–water partition coefficient (Wildman–Crippen LogP) is 3.66. The van der Waals surface area contributed by atoms with Crippen molar-refractivity contribution in [2.24, 2.45) is 0 Å². The van der Waals surface area contributed by atoms with Gasteiger partial charge in [0.25, 0.3) is 0 Å². The molecule has 0 saturated heterocycles. The molecule has 94 valence electrons. The van der Waals surface area contributed by atoms with Crippen LogP contribution in [0.4, 0.5) is 0 Å². The molecule has 2 nitrogen and oxygen atoms in total. The molecule has 0 aromatic heterocycles. The van der Waals surface area contributed by atoms with Crippen LogP contribution >= 0.6 is 23.2 Å². The quantitative estimate of drug-likeness (QED) is 0.887. The minimum atomic E-state index is -0.174. The normalized spacial score (nSPS) is 12.8. The number of carbonyl (C=O) groups excluding carboxylic acids is 1. The lowest BCUT2D eigenvalue weighted by atomic mass is 9.95. The summed E-state index contributed by atoms with van der Waals surface area (Å²) in [6, 6.07) is 5.68. The molecule has 1 N–H and O–H groups in total. The topological polar surface area (TPSA) is 29.1 Å². The van der Waals surface area contributed by atoms with Gasteiger partial charge in [0.2, 0.25) is 0 Å². The van der Waals surface area contributed by atoms with E-state index in [-0.39, 0.29) is 11.7 Å². The van der Waals surface area contributed by atoms with E-state index in [2.05, 4.69) is 5.32 Å². The maximum Gasteiger partial charge on any atom is 0.138 e. The summed E-state index contributed by atoms with van der Waals surface area (Å²) in [7, 11) is 0. The lowest BCUT2D eigenvalue weighted by molar-refractivity contribution is -0.118. The highest BCUT2D eigenvalue weighted by Crippen LogP contribution is 2.26. The van der Waals surface area contributed by atoms with Gasteiger partial charge in [0.1, 0.15) is 5.78 Å². The van der Waals surface area contributed by atoms with Crippen LogP contribution in [0.2, 0.25) is 10.0 Å². The maximum absolute atomic E-state index is 11.6. The van der Waals surface area contributed by atoms with E-state index in [1.165, 1.54) is 0 Å². The highest BCUT2D eigenvalue weighted by Gasteiger charge is 2.17. The van der Waals surface area contributed by atoms with Gasteiger partial charge in [-0.1, -0.05) is 43.1 Å². The second kappa shape index (κ2) is 6.39. The van der Waals surface area contributed by atoms with Crippen LogP contribution in [-0.4, -0.2) is 18.4 Å². The third-order valence-corrected chi connectivity index (χ3v) is 3.31. The minimum absolute atomic E-state index is 0.122. The van der Waals surface area contributed by atoms with Crippen molar-refractivity contribution >= 4 is 29.0 Å². The second-order valence-corrected chi connectivity index (χ2v) is 5.21. The van der Waals surface area contributed by atoms with Gasteiger partial charge in [0.05, 0.1) is 16.0 Å². The third-order valence-electron chi connectivity index (χ3n) is 2.57. The molecule has 0 aliphatic heterocycles. The summed E-state index contributed by atoms with van der Waals surface area (Å²) < 4.78 is 0. The molecule has 1 aromatic carbocycles. The molecule has 0 saturated carbocycles. The van der Waals surface area contributed by atoms with Gasteiger partial charge in [-0.15, -0.1) is 0 Å². The fourth-order valence-corrected chi connectivity index (χ4v) is 1.89. The van der Waals surface area contributed by atoms with Gasteiger partial charge >= 0.3 is 0 Å². The van der Waals surface area contributed by atoms with E-state index < -0.39 is 0 Å². The monoisotopic (exact) mass is 273 g/mol. The second-order valence-electron chi connectivity index (χ2n) is 4.40. The van der Waals surface area contributed by atoms with Gasteiger partial charge in [-0.3, -0.25) is 4.79 Å². The van der Waals surface area contributed by atoms with Crippen molar-refractivity contribution in [3.63, 3.8) is 0 Å². The molecule has 0 fully saturated rings. The Hall–Kier alpha value is -0.570. The van der Waals surface area contributed by atoms with Crippen LogP contribution in [0.5, 0.6) is 0 Å². The Morgan fingerprint density at radius 1 is 1.29 bits per heavy atom. The summed E-state index contributed by atoms with van der Waals surface area (Å²) in [5.41, 5.74) is 0.903. The van der Waals surface area contributed by atoms with Gasteiger partial charge in [-0.25, -0.2) is 0 Å². The van der Waals surface area contributed by atoms with Crippen molar-refractivity contribution in [2.75, 3.05) is 6.54 Å². The molecular weight excluding hydrogens is 257 g/mol. The Morgan fingerprint density at radius 2 is 1.94 bits per heavy atom. The first kappa shape index (κ1) is 14.5. The molecule has 0 aliphatic carbocycles. The first-order valence-corrected chi connectivity index (χ1v) is 6.36. The van der Waals surface area contributed by atoms with Crippen LogP contribution in [0.3, 0.4) is 0 Å². The molecule has 1 aromatic rings. The zero-order valence-corrected chi connectivity index (χ0v) is 11.8. The standard InChI is InChI=1S/C13H17Cl2NO/c1-8(2)16-7-11(9(3)17)10-4-5-12(14)13(15)6-10/h4-6,8,11,16H,7H2,1-3H3. The van der Waals surface area contributed by atoms with E-state index in [0.29, 0.717) is 22.6 Å². The maximum atomic E-state index is 11.6. The largest absolute Gasteiger partial charge is 0.313 e. The average Bonchev–Trinajstić information content (AvgIpc) is 2.22. The number of halogens is 2. The zero-order chi connectivity index (χ0) is 13.0. The molecule has 0 heterocycles. The highest BCUT2D eigenvalue weighted by atomic mass is 35.5. The SMILES string of the molecule is CC(=O)C(CNC(C)C)c1ccc(Cl)c(Cl)c1. The molecule has 1 atom stereocenters. The molecule has 0 bridgehead atoms. The van der Waals surface area contributed by atoms with E-state index in [4.69, 9.17) is 23.2 Å². The molecule has 17 heavy (non-hydrogen) atoms. The lowest BCUT2D eigenvalue weighted by Crippen LogP contribution is -2.30. The number of rotatable bonds is 5. The zero-order valence-electron chi connectivity index (χ0n) is 10.3. The molecule has 1 rings (SSSR count). The molecule has 0 spiro atoms. The van der Waals surface area contributed by atoms with Gasteiger partial charge in [-0.05, 0) is 24.6 Å². The Kier molecular flexibility index (Phi) is 5.44. The number of hydrogen-bond donors (Lipinski definition) is 1. The molecule has 0 radical (unpaired) electrons. The molecule has 0 amide bonds. The lowest BCUT2D eigenvalue weighted by Gasteiger charge is -2.17. The first-order valence-electron chi connectivity index (χ1n) is 5.60. The smallest absolute Gasteiger partial charge is 0.138 e. The average molecular weight is 274 g/mol.